The second-order valence-corrected chi connectivity index (χ2v) is 4.67. The third-order valence-electron chi connectivity index (χ3n) is 2.85. The van der Waals surface area contributed by atoms with E-state index < -0.39 is 5.97 Å². The van der Waals surface area contributed by atoms with Crippen LogP contribution in [0.15, 0.2) is 12.3 Å². The van der Waals surface area contributed by atoms with Gasteiger partial charge in [-0.1, -0.05) is 11.6 Å². The van der Waals surface area contributed by atoms with E-state index in [4.69, 9.17) is 26.2 Å². The van der Waals surface area contributed by atoms with Crippen molar-refractivity contribution in [2.24, 2.45) is 0 Å². The topological polar surface area (TPSA) is 71.9 Å². The molecule has 0 saturated heterocycles. The molecule has 1 N–H and O–H groups in total. The van der Waals surface area contributed by atoms with Gasteiger partial charge in [-0.3, -0.25) is 0 Å². The van der Waals surface area contributed by atoms with E-state index in [-0.39, 0.29) is 16.6 Å². The molecule has 7 heteroatoms. The van der Waals surface area contributed by atoms with Crippen molar-refractivity contribution in [3.05, 3.63) is 22.8 Å². The average Bonchev–Trinajstić information content (AvgIpc) is 2.40. The first-order chi connectivity index (χ1) is 9.52. The summed E-state index contributed by atoms with van der Waals surface area (Å²) in [5.74, 6) is -0.655. The normalized spacial score (nSPS) is 12.2. The van der Waals surface area contributed by atoms with Crippen molar-refractivity contribution in [2.45, 2.75) is 13.0 Å². The maximum absolute atomic E-state index is 11.1. The summed E-state index contributed by atoms with van der Waals surface area (Å²) < 4.78 is 10.2. The Balaban J connectivity index is 3.12. The number of aromatic nitrogens is 1. The molecule has 1 atom stereocenters. The van der Waals surface area contributed by atoms with Crippen LogP contribution < -0.4 is 4.90 Å². The third-order valence-corrected chi connectivity index (χ3v) is 3.22. The molecule has 112 valence electrons. The summed E-state index contributed by atoms with van der Waals surface area (Å²) in [4.78, 5) is 17.2. The number of methoxy groups -OCH3 is 2. The number of carboxylic acids is 1. The minimum Gasteiger partial charge on any atom is -0.478 e. The third kappa shape index (κ3) is 4.06. The number of ether oxygens (including phenoxy) is 2. The fraction of sp³-hybridized carbons (Fsp3) is 0.538. The fourth-order valence-electron chi connectivity index (χ4n) is 1.85. The van der Waals surface area contributed by atoms with Crippen molar-refractivity contribution in [3.63, 3.8) is 0 Å². The van der Waals surface area contributed by atoms with E-state index in [2.05, 4.69) is 4.98 Å². The monoisotopic (exact) mass is 302 g/mol. The second-order valence-electron chi connectivity index (χ2n) is 4.29. The van der Waals surface area contributed by atoms with E-state index in [0.717, 1.165) is 0 Å². The van der Waals surface area contributed by atoms with Crippen LogP contribution >= 0.6 is 11.6 Å². The molecule has 1 heterocycles. The van der Waals surface area contributed by atoms with E-state index in [1.54, 1.807) is 14.2 Å². The van der Waals surface area contributed by atoms with Gasteiger partial charge < -0.3 is 19.5 Å². The van der Waals surface area contributed by atoms with Crippen LogP contribution in [0.1, 0.15) is 17.3 Å². The quantitative estimate of drug-likeness (QED) is 0.791. The molecule has 0 aliphatic heterocycles. The summed E-state index contributed by atoms with van der Waals surface area (Å²) in [5, 5.41) is 9.23. The number of hydrogen-bond acceptors (Lipinski definition) is 5. The molecular formula is C13H19ClN2O4. The number of nitrogens with zero attached hydrogens (tertiary/aromatic N) is 2. The average molecular weight is 303 g/mol. The number of hydrogen-bond donors (Lipinski definition) is 1. The molecule has 0 radical (unpaired) electrons. The van der Waals surface area contributed by atoms with Crippen LogP contribution in [0.25, 0.3) is 0 Å². The van der Waals surface area contributed by atoms with Gasteiger partial charge in [-0.25, -0.2) is 9.78 Å². The Morgan fingerprint density at radius 2 is 2.20 bits per heavy atom. The first-order valence-electron chi connectivity index (χ1n) is 6.15. The standard InChI is InChI=1S/C13H19ClN2O4/c1-9(8-20-3)16(6-7-19-2)12-11(14)10(13(17)18)4-5-15-12/h4-5,9H,6-8H2,1-3H3,(H,17,18). The van der Waals surface area contributed by atoms with Crippen molar-refractivity contribution in [2.75, 3.05) is 38.9 Å². The molecule has 0 bridgehead atoms. The number of halogens is 1. The van der Waals surface area contributed by atoms with Crippen molar-refractivity contribution in [1.82, 2.24) is 4.98 Å². The summed E-state index contributed by atoms with van der Waals surface area (Å²) in [6, 6.07) is 1.37. The predicted octanol–water partition coefficient (Wildman–Crippen LogP) is 1.92. The lowest BCUT2D eigenvalue weighted by atomic mass is 10.2. The van der Waals surface area contributed by atoms with Gasteiger partial charge in [0.15, 0.2) is 0 Å². The fourth-order valence-corrected chi connectivity index (χ4v) is 2.16. The predicted molar refractivity (Wildman–Crippen MR) is 76.8 cm³/mol. The Kier molecular flexibility index (Phi) is 6.70. The first kappa shape index (κ1) is 16.7. The lowest BCUT2D eigenvalue weighted by Gasteiger charge is -2.30. The van der Waals surface area contributed by atoms with E-state index in [0.29, 0.717) is 25.6 Å². The van der Waals surface area contributed by atoms with Gasteiger partial charge in [0.1, 0.15) is 5.82 Å². The van der Waals surface area contributed by atoms with Gasteiger partial charge in [0, 0.05) is 27.0 Å². The molecule has 0 amide bonds. The Labute approximate surface area is 123 Å². The highest BCUT2D eigenvalue weighted by Crippen LogP contribution is 2.28. The van der Waals surface area contributed by atoms with Gasteiger partial charge in [0.25, 0.3) is 0 Å². The zero-order valence-electron chi connectivity index (χ0n) is 11.8. The molecule has 6 nitrogen and oxygen atoms in total. The van der Waals surface area contributed by atoms with E-state index in [1.807, 2.05) is 11.8 Å². The Morgan fingerprint density at radius 3 is 2.75 bits per heavy atom. The summed E-state index contributed by atoms with van der Waals surface area (Å²) in [5.41, 5.74) is 0.0312. The van der Waals surface area contributed by atoms with E-state index in [9.17, 15) is 4.79 Å². The SMILES string of the molecule is COCCN(c1nccc(C(=O)O)c1Cl)C(C)COC. The number of carboxylic acid groups (broad SMARTS) is 1. The highest BCUT2D eigenvalue weighted by molar-refractivity contribution is 6.35. The number of anilines is 1. The highest BCUT2D eigenvalue weighted by Gasteiger charge is 2.22. The number of aromatic carboxylic acids is 1. The molecule has 0 fully saturated rings. The van der Waals surface area contributed by atoms with Crippen LogP contribution in [-0.4, -0.2) is 56.1 Å². The molecule has 0 aromatic carbocycles. The Hall–Kier alpha value is -1.37. The van der Waals surface area contributed by atoms with E-state index in [1.165, 1.54) is 12.3 Å². The molecule has 20 heavy (non-hydrogen) atoms. The Bertz CT molecular complexity index is 456. The highest BCUT2D eigenvalue weighted by atomic mass is 35.5. The van der Waals surface area contributed by atoms with Gasteiger partial charge in [0.05, 0.1) is 29.8 Å². The van der Waals surface area contributed by atoms with Crippen molar-refractivity contribution in [1.29, 1.82) is 0 Å². The van der Waals surface area contributed by atoms with Crippen LogP contribution in [0, 0.1) is 0 Å². The summed E-state index contributed by atoms with van der Waals surface area (Å²) >= 11 is 6.16. The smallest absolute Gasteiger partial charge is 0.337 e. The van der Waals surface area contributed by atoms with Gasteiger partial charge in [-0.2, -0.15) is 0 Å². The molecule has 1 aromatic heterocycles. The Morgan fingerprint density at radius 1 is 1.50 bits per heavy atom. The number of carbonyl (C=O) groups is 1. The molecule has 0 aliphatic carbocycles. The van der Waals surface area contributed by atoms with Crippen LogP contribution in [-0.2, 0) is 9.47 Å². The van der Waals surface area contributed by atoms with Crippen molar-refractivity contribution in [3.8, 4) is 0 Å². The van der Waals surface area contributed by atoms with Crippen molar-refractivity contribution >= 4 is 23.4 Å². The van der Waals surface area contributed by atoms with Gasteiger partial charge in [-0.15, -0.1) is 0 Å². The minimum absolute atomic E-state index is 0.0100. The molecule has 1 unspecified atom stereocenters. The molecule has 0 saturated carbocycles. The molecular weight excluding hydrogens is 284 g/mol. The minimum atomic E-state index is -1.08. The molecule has 1 aromatic rings. The summed E-state index contributed by atoms with van der Waals surface area (Å²) in [6.07, 6.45) is 1.43. The lowest BCUT2D eigenvalue weighted by molar-refractivity contribution is 0.0697. The number of pyridine rings is 1. The summed E-state index contributed by atoms with van der Waals surface area (Å²) in [6.45, 7) is 3.43. The zero-order chi connectivity index (χ0) is 15.1. The first-order valence-corrected chi connectivity index (χ1v) is 6.53. The van der Waals surface area contributed by atoms with Crippen LogP contribution in [0.3, 0.4) is 0 Å². The van der Waals surface area contributed by atoms with Crippen LogP contribution in [0.5, 0.6) is 0 Å². The number of rotatable bonds is 8. The van der Waals surface area contributed by atoms with Crippen LogP contribution in [0.4, 0.5) is 5.82 Å². The maximum atomic E-state index is 11.1. The molecule has 1 rings (SSSR count). The van der Waals surface area contributed by atoms with Gasteiger partial charge in [0.2, 0.25) is 0 Å². The van der Waals surface area contributed by atoms with Gasteiger partial charge in [-0.05, 0) is 13.0 Å². The molecule has 0 spiro atoms. The molecule has 0 aliphatic rings. The lowest BCUT2D eigenvalue weighted by Crippen LogP contribution is -2.39. The second kappa shape index (κ2) is 8.04. The van der Waals surface area contributed by atoms with Gasteiger partial charge >= 0.3 is 5.97 Å². The van der Waals surface area contributed by atoms with Crippen molar-refractivity contribution < 1.29 is 19.4 Å². The zero-order valence-corrected chi connectivity index (χ0v) is 12.6. The largest absolute Gasteiger partial charge is 0.478 e. The summed E-state index contributed by atoms with van der Waals surface area (Å²) in [7, 11) is 3.20. The van der Waals surface area contributed by atoms with E-state index >= 15 is 0 Å². The van der Waals surface area contributed by atoms with Crippen LogP contribution in [0.2, 0.25) is 5.02 Å². The maximum Gasteiger partial charge on any atom is 0.337 e.